The number of likely N-dealkylation sites (tertiary alicyclic amines) is 1. The number of carboxylic acid groups (broad SMARTS) is 1. The monoisotopic (exact) mass is 965 g/mol. The number of nitrogens with one attached hydrogen (secondary N) is 3. The van der Waals surface area contributed by atoms with Gasteiger partial charge in [0.25, 0.3) is 5.97 Å². The Morgan fingerprint density at radius 1 is 0.955 bits per heavy atom. The minimum atomic E-state index is -0.833. The number of aromatic nitrogens is 2. The van der Waals surface area contributed by atoms with Crippen LogP contribution in [0.1, 0.15) is 148 Å². The number of methoxy groups -OCH3 is 2. The van der Waals surface area contributed by atoms with E-state index in [2.05, 4.69) is 86.4 Å². The van der Waals surface area contributed by atoms with Crippen LogP contribution in [0.2, 0.25) is 0 Å². The normalized spacial score (nSPS) is 14.2. The summed E-state index contributed by atoms with van der Waals surface area (Å²) >= 11 is 3.42. The van der Waals surface area contributed by atoms with Crippen LogP contribution in [-0.2, 0) is 14.4 Å². The van der Waals surface area contributed by atoms with E-state index < -0.39 is 5.97 Å². The zero-order valence-electron chi connectivity index (χ0n) is 43.2. The predicted molar refractivity (Wildman–Crippen MR) is 279 cm³/mol. The summed E-state index contributed by atoms with van der Waals surface area (Å²) in [6.07, 6.45) is 12.1. The number of ether oxygens (including phenoxy) is 2. The van der Waals surface area contributed by atoms with E-state index in [9.17, 15) is 9.59 Å². The van der Waals surface area contributed by atoms with E-state index in [0.29, 0.717) is 6.04 Å². The lowest BCUT2D eigenvalue weighted by Gasteiger charge is -2.34. The summed E-state index contributed by atoms with van der Waals surface area (Å²) in [5.74, 6) is 1.88. The first-order valence-electron chi connectivity index (χ1n) is 23.8. The summed E-state index contributed by atoms with van der Waals surface area (Å²) in [7, 11) is 3.31. The summed E-state index contributed by atoms with van der Waals surface area (Å²) in [6, 6.07) is 8.11. The largest absolute Gasteiger partial charge is 0.497 e. The molecular weight excluding hydrogens is 877 g/mol. The molecule has 5 rings (SSSR count). The highest BCUT2D eigenvalue weighted by atomic mass is 32.2. The zero-order valence-corrected chi connectivity index (χ0v) is 44.8. The van der Waals surface area contributed by atoms with Gasteiger partial charge < -0.3 is 41.2 Å². The summed E-state index contributed by atoms with van der Waals surface area (Å²) in [5.41, 5.74) is 6.58. The van der Waals surface area contributed by atoms with Crippen molar-refractivity contribution in [1.82, 2.24) is 29.8 Å². The number of nitrogens with two attached hydrogens (primary N) is 1. The van der Waals surface area contributed by atoms with Crippen LogP contribution in [0.25, 0.3) is 22.3 Å². The number of hydrogen-bond acceptors (Lipinski definition) is 12. The van der Waals surface area contributed by atoms with Gasteiger partial charge in [0.05, 0.1) is 32.0 Å². The fraction of sp³-hybridized carbons (Fsp3) is 0.673. The van der Waals surface area contributed by atoms with Crippen LogP contribution in [0.15, 0.2) is 29.6 Å². The number of carbonyl (C=O) groups excluding carboxylic acids is 3. The first kappa shape index (κ1) is 63.7. The molecule has 6 N–H and O–H groups in total. The molecule has 1 unspecified atom stereocenters. The standard InChI is InChI=1S/C17H32N4O2S.C17H19N3O2S.C8H18.C2H4O2.2C2H6.CH3NO/c1-13-7-5-9-21(13)15(22)11-18-16(23)19-14(17(2,3)4)12-20-8-6-10-24-20;1-10(2)18-17-20-15(9-23-17)14-8-16(22-4)12-6-5-11(21-3)7-13(12)19-14;1-3-5-7-8-6-4-2;1-2(3)4;2*1-2;2-1-3/h13-14H,5-12H2,1-4H3,(H2,18,19,23);5-10H,1-4H3,(H,18,20);3-8H2,1-2H3;1H3,(H,3,4);2*1-2H3;1H,(H2,2,3)/t13-,14?;;;;;;/m1....../s1. The van der Waals surface area contributed by atoms with Gasteiger partial charge in [0.15, 0.2) is 5.13 Å². The van der Waals surface area contributed by atoms with E-state index in [-0.39, 0.29) is 42.4 Å². The Morgan fingerprint density at radius 3 is 2.03 bits per heavy atom. The average molecular weight is 965 g/mol. The van der Waals surface area contributed by atoms with Crippen molar-refractivity contribution in [3.63, 3.8) is 0 Å². The number of unbranched alkanes of at least 4 members (excludes halogenated alkanes) is 5. The molecule has 15 nitrogen and oxygen atoms in total. The lowest BCUT2D eigenvalue weighted by molar-refractivity contribution is -0.134. The topological polar surface area (TPSA) is 201 Å². The smallest absolute Gasteiger partial charge is 0.315 e. The number of aliphatic carboxylic acids is 1. The second kappa shape index (κ2) is 37.7. The number of benzene rings is 1. The van der Waals surface area contributed by atoms with Gasteiger partial charge in [0.1, 0.15) is 17.2 Å². The first-order chi connectivity index (χ1) is 31.4. The lowest BCUT2D eigenvalue weighted by atomic mass is 9.86. The molecule has 2 saturated heterocycles. The number of anilines is 1. The van der Waals surface area contributed by atoms with Gasteiger partial charge in [0.2, 0.25) is 12.3 Å². The molecule has 66 heavy (non-hydrogen) atoms. The third kappa shape index (κ3) is 27.3. The van der Waals surface area contributed by atoms with Crippen molar-refractivity contribution in [3.05, 3.63) is 29.6 Å². The van der Waals surface area contributed by atoms with Crippen LogP contribution in [0.3, 0.4) is 0 Å². The van der Waals surface area contributed by atoms with Crippen molar-refractivity contribution in [1.29, 1.82) is 0 Å². The maximum Gasteiger partial charge on any atom is 0.315 e. The van der Waals surface area contributed by atoms with Gasteiger partial charge in [0, 0.05) is 73.3 Å². The van der Waals surface area contributed by atoms with E-state index in [0.717, 1.165) is 84.1 Å². The number of rotatable bonds is 15. The molecule has 2 atom stereocenters. The van der Waals surface area contributed by atoms with Gasteiger partial charge in [-0.1, -0.05) is 113 Å². The summed E-state index contributed by atoms with van der Waals surface area (Å²) in [6.45, 7) is 29.0. The van der Waals surface area contributed by atoms with Crippen molar-refractivity contribution in [2.45, 2.75) is 166 Å². The SMILES string of the molecule is CC.CC.CC(=O)O.CCCCCCCC.COc1ccc2c(OC)cc(-c3csc(NC(C)C)n3)nc2c1.C[C@@H]1CCCN1C(=O)CNC(=O)NC(CN1CCCS1)C(C)(C)C.NC=O. The molecule has 1 aromatic carbocycles. The molecular formula is C49H88N8O7S2. The Kier molecular flexibility index (Phi) is 36.4. The highest BCUT2D eigenvalue weighted by molar-refractivity contribution is 7.97. The summed E-state index contributed by atoms with van der Waals surface area (Å²) in [4.78, 5) is 53.2. The van der Waals surface area contributed by atoms with Crippen LogP contribution in [0.5, 0.6) is 11.5 Å². The van der Waals surface area contributed by atoms with E-state index >= 15 is 0 Å². The Balaban J connectivity index is 0. The number of pyridine rings is 1. The van der Waals surface area contributed by atoms with Gasteiger partial charge in [-0.3, -0.25) is 14.4 Å². The molecule has 0 saturated carbocycles. The third-order valence-electron chi connectivity index (χ3n) is 9.67. The van der Waals surface area contributed by atoms with Crippen molar-refractivity contribution >= 4 is 63.6 Å². The molecule has 0 spiro atoms. The predicted octanol–water partition coefficient (Wildman–Crippen LogP) is 10.9. The van der Waals surface area contributed by atoms with Gasteiger partial charge in [-0.25, -0.2) is 19.1 Å². The Hall–Kier alpha value is -4.35. The van der Waals surface area contributed by atoms with Crippen LogP contribution in [-0.4, -0.2) is 113 Å². The quantitative estimate of drug-likeness (QED) is 0.0549. The number of primary amides is 1. The Morgan fingerprint density at radius 2 is 1.56 bits per heavy atom. The van der Waals surface area contributed by atoms with Crippen molar-refractivity contribution in [3.8, 4) is 22.9 Å². The maximum atomic E-state index is 12.3. The van der Waals surface area contributed by atoms with Gasteiger partial charge in [-0.05, 0) is 57.6 Å². The second-order valence-corrected chi connectivity index (χ2v) is 18.4. The first-order valence-corrected chi connectivity index (χ1v) is 25.6. The number of fused-ring (bicyclic) bond motifs is 1. The molecule has 0 aliphatic carbocycles. The van der Waals surface area contributed by atoms with E-state index in [1.54, 1.807) is 25.6 Å². The Labute approximate surface area is 406 Å². The lowest BCUT2D eigenvalue weighted by Crippen LogP contribution is -2.53. The fourth-order valence-electron chi connectivity index (χ4n) is 6.31. The van der Waals surface area contributed by atoms with Crippen LogP contribution >= 0.6 is 23.3 Å². The molecule has 2 aliphatic rings. The molecule has 4 amide bonds. The van der Waals surface area contributed by atoms with Gasteiger partial charge >= 0.3 is 6.03 Å². The van der Waals surface area contributed by atoms with Crippen LogP contribution in [0.4, 0.5) is 9.93 Å². The number of amides is 4. The number of carbonyl (C=O) groups is 4. The maximum absolute atomic E-state index is 12.3. The third-order valence-corrected chi connectivity index (χ3v) is 11.6. The number of nitrogens with zero attached hydrogens (tertiary/aromatic N) is 4. The van der Waals surface area contributed by atoms with Crippen LogP contribution in [0, 0.1) is 5.41 Å². The molecule has 3 aromatic rings. The highest BCUT2D eigenvalue weighted by Crippen LogP contribution is 2.33. The zero-order chi connectivity index (χ0) is 50.7. The average Bonchev–Trinajstić information content (AvgIpc) is 4.08. The Bertz CT molecular complexity index is 1740. The number of thiazole rings is 1. The van der Waals surface area contributed by atoms with Crippen molar-refractivity contribution in [2.24, 2.45) is 11.1 Å². The number of carboxylic acids is 1. The molecule has 2 fully saturated rings. The van der Waals surface area contributed by atoms with Gasteiger partial charge in [-0.15, -0.1) is 11.3 Å². The molecule has 2 aromatic heterocycles. The molecule has 2 aliphatic heterocycles. The van der Waals surface area contributed by atoms with E-state index in [1.807, 2.05) is 74.2 Å². The minimum Gasteiger partial charge on any atom is -0.497 e. The second-order valence-electron chi connectivity index (χ2n) is 16.4. The molecule has 4 heterocycles. The van der Waals surface area contributed by atoms with Gasteiger partial charge in [-0.2, -0.15) is 0 Å². The van der Waals surface area contributed by atoms with E-state index in [4.69, 9.17) is 29.2 Å². The molecule has 0 radical (unpaired) electrons. The van der Waals surface area contributed by atoms with Crippen molar-refractivity contribution < 1.29 is 33.8 Å². The molecule has 378 valence electrons. The number of urea groups is 1. The minimum absolute atomic E-state index is 0.0116. The highest BCUT2D eigenvalue weighted by Gasteiger charge is 2.30. The van der Waals surface area contributed by atoms with Crippen LogP contribution < -0.4 is 31.2 Å². The number of hydrogen-bond donors (Lipinski definition) is 5. The fourth-order valence-corrected chi connectivity index (χ4v) is 8.20. The summed E-state index contributed by atoms with van der Waals surface area (Å²) < 4.78 is 13.1. The molecule has 0 bridgehead atoms. The van der Waals surface area contributed by atoms with Crippen molar-refractivity contribution in [2.75, 3.05) is 51.5 Å². The molecule has 17 heteroatoms. The summed E-state index contributed by atoms with van der Waals surface area (Å²) in [5, 5.41) is 20.4. The van der Waals surface area contributed by atoms with E-state index in [1.165, 1.54) is 44.9 Å².